The van der Waals surface area contributed by atoms with Crippen LogP contribution in [0.15, 0.2) is 54.6 Å². The van der Waals surface area contributed by atoms with Crippen LogP contribution in [0.25, 0.3) is 0 Å². The Morgan fingerprint density at radius 1 is 1.08 bits per heavy atom. The normalized spacial score (nSPS) is 9.88. The van der Waals surface area contributed by atoms with E-state index in [0.717, 1.165) is 11.9 Å². The van der Waals surface area contributed by atoms with Crippen molar-refractivity contribution in [2.75, 3.05) is 5.01 Å². The van der Waals surface area contributed by atoms with Gasteiger partial charge in [-0.3, -0.25) is 25.1 Å². The zero-order valence-corrected chi connectivity index (χ0v) is 13.7. The first-order valence-electron chi connectivity index (χ1n) is 7.45. The molecule has 0 aliphatic carbocycles. The zero-order chi connectivity index (χ0) is 19.1. The van der Waals surface area contributed by atoms with Gasteiger partial charge in [0.1, 0.15) is 6.61 Å². The van der Waals surface area contributed by atoms with E-state index in [9.17, 15) is 24.5 Å². The van der Waals surface area contributed by atoms with Gasteiger partial charge < -0.3 is 4.74 Å². The summed E-state index contributed by atoms with van der Waals surface area (Å²) >= 11 is 0. The number of esters is 1. The number of hydrogen-bond acceptors (Lipinski definition) is 6. The molecule has 134 valence electrons. The van der Waals surface area contributed by atoms with Crippen molar-refractivity contribution in [3.8, 4) is 0 Å². The van der Waals surface area contributed by atoms with E-state index >= 15 is 0 Å². The Bertz CT molecular complexity index is 820. The first-order valence-corrected chi connectivity index (χ1v) is 7.45. The van der Waals surface area contributed by atoms with Crippen LogP contribution < -0.4 is 10.4 Å². The summed E-state index contributed by atoms with van der Waals surface area (Å²) in [7, 11) is 0. The van der Waals surface area contributed by atoms with Crippen LogP contribution in [0.5, 0.6) is 0 Å². The van der Waals surface area contributed by atoms with Gasteiger partial charge in [-0.2, -0.15) is 0 Å². The molecule has 9 nitrogen and oxygen atoms in total. The lowest BCUT2D eigenvalue weighted by Crippen LogP contribution is -2.48. The molecular weight excluding hydrogens is 342 g/mol. The van der Waals surface area contributed by atoms with Gasteiger partial charge in [0.05, 0.1) is 10.6 Å². The van der Waals surface area contributed by atoms with Gasteiger partial charge in [-0.15, -0.1) is 0 Å². The molecule has 0 saturated heterocycles. The fourth-order valence-corrected chi connectivity index (χ4v) is 1.98. The third kappa shape index (κ3) is 4.87. The van der Waals surface area contributed by atoms with Gasteiger partial charge in [0, 0.05) is 19.1 Å². The summed E-state index contributed by atoms with van der Waals surface area (Å²) in [6, 6.07) is 13.7. The van der Waals surface area contributed by atoms with E-state index in [1.165, 1.54) is 24.3 Å². The van der Waals surface area contributed by atoms with Crippen LogP contribution in [0.1, 0.15) is 12.5 Å². The number of hydrogen-bond donors (Lipinski definition) is 1. The molecule has 2 aromatic rings. The number of carbonyl (C=O) groups is 3. The number of carbonyl (C=O) groups excluding carboxylic acids is 3. The van der Waals surface area contributed by atoms with Gasteiger partial charge >= 0.3 is 11.9 Å². The molecule has 0 aliphatic rings. The minimum Gasteiger partial charge on any atom is -0.454 e. The molecule has 0 spiro atoms. The highest BCUT2D eigenvalue weighted by atomic mass is 16.6. The molecule has 2 rings (SSSR count). The van der Waals surface area contributed by atoms with E-state index in [0.29, 0.717) is 5.56 Å². The lowest BCUT2D eigenvalue weighted by molar-refractivity contribution is -0.384. The van der Waals surface area contributed by atoms with Crippen molar-refractivity contribution in [3.63, 3.8) is 0 Å². The Hall–Kier alpha value is -3.75. The van der Waals surface area contributed by atoms with E-state index in [1.807, 2.05) is 0 Å². The maximum atomic E-state index is 11.9. The predicted molar refractivity (Wildman–Crippen MR) is 90.6 cm³/mol. The van der Waals surface area contributed by atoms with Gasteiger partial charge in [-0.05, 0) is 17.7 Å². The first kappa shape index (κ1) is 18.6. The van der Waals surface area contributed by atoms with E-state index < -0.39 is 22.7 Å². The molecule has 0 fully saturated rings. The fourth-order valence-electron chi connectivity index (χ4n) is 1.98. The molecule has 0 radical (unpaired) electrons. The molecule has 0 heterocycles. The SMILES string of the molecule is CC(=O)N(NC(=O)C(=O)OCc1ccccc1)c1ccc([N+](=O)[O-])cc1. The Balaban J connectivity index is 2.02. The third-order valence-electron chi connectivity index (χ3n) is 3.25. The number of benzene rings is 2. The molecule has 9 heteroatoms. The van der Waals surface area contributed by atoms with Crippen molar-refractivity contribution in [2.45, 2.75) is 13.5 Å². The fraction of sp³-hybridized carbons (Fsp3) is 0.118. The molecule has 0 atom stereocenters. The van der Waals surface area contributed by atoms with Crippen LogP contribution in [0.2, 0.25) is 0 Å². The molecule has 26 heavy (non-hydrogen) atoms. The number of nitro benzene ring substituents is 1. The van der Waals surface area contributed by atoms with E-state index in [2.05, 4.69) is 5.43 Å². The minimum absolute atomic E-state index is 0.0926. The topological polar surface area (TPSA) is 119 Å². The molecule has 0 bridgehead atoms. The second-order valence-electron chi connectivity index (χ2n) is 5.13. The van der Waals surface area contributed by atoms with Crippen LogP contribution in [-0.2, 0) is 25.7 Å². The molecule has 0 saturated carbocycles. The highest BCUT2D eigenvalue weighted by molar-refractivity contribution is 6.33. The summed E-state index contributed by atoms with van der Waals surface area (Å²) < 4.78 is 4.88. The second kappa shape index (κ2) is 8.38. The monoisotopic (exact) mass is 357 g/mol. The molecule has 0 aromatic heterocycles. The van der Waals surface area contributed by atoms with Crippen LogP contribution in [0, 0.1) is 10.1 Å². The summed E-state index contributed by atoms with van der Waals surface area (Å²) in [6.45, 7) is 1.07. The van der Waals surface area contributed by atoms with Crippen molar-refractivity contribution < 1.29 is 24.0 Å². The van der Waals surface area contributed by atoms with Crippen LogP contribution in [0.3, 0.4) is 0 Å². The zero-order valence-electron chi connectivity index (χ0n) is 13.7. The molecule has 2 amide bonds. The van der Waals surface area contributed by atoms with Crippen LogP contribution in [0.4, 0.5) is 11.4 Å². The van der Waals surface area contributed by atoms with Gasteiger partial charge in [-0.25, -0.2) is 9.80 Å². The Kier molecular flexibility index (Phi) is 5.99. The number of rotatable bonds is 4. The largest absolute Gasteiger partial charge is 0.454 e. The average Bonchev–Trinajstić information content (AvgIpc) is 2.64. The number of anilines is 1. The van der Waals surface area contributed by atoms with Crippen molar-refractivity contribution in [2.24, 2.45) is 0 Å². The summed E-state index contributed by atoms with van der Waals surface area (Å²) in [5.74, 6) is -2.90. The lowest BCUT2D eigenvalue weighted by atomic mass is 10.2. The van der Waals surface area contributed by atoms with Crippen LogP contribution >= 0.6 is 0 Å². The van der Waals surface area contributed by atoms with Crippen LogP contribution in [-0.4, -0.2) is 22.7 Å². The number of nitrogens with zero attached hydrogens (tertiary/aromatic N) is 2. The lowest BCUT2D eigenvalue weighted by Gasteiger charge is -2.21. The van der Waals surface area contributed by atoms with Gasteiger partial charge in [0.15, 0.2) is 0 Å². The highest BCUT2D eigenvalue weighted by Crippen LogP contribution is 2.18. The van der Waals surface area contributed by atoms with Crippen molar-refractivity contribution in [1.82, 2.24) is 5.43 Å². The minimum atomic E-state index is -1.16. The second-order valence-corrected chi connectivity index (χ2v) is 5.13. The standard InChI is InChI=1S/C17H15N3O6/c1-12(21)19(14-7-9-15(10-8-14)20(24)25)18-16(22)17(23)26-11-13-5-3-2-4-6-13/h2-10H,11H2,1H3,(H,18,22). The number of nitro groups is 1. The number of amides is 2. The van der Waals surface area contributed by atoms with Gasteiger partial charge in [0.25, 0.3) is 5.69 Å². The number of nitrogens with one attached hydrogen (secondary N) is 1. The van der Waals surface area contributed by atoms with Crippen molar-refractivity contribution in [3.05, 3.63) is 70.3 Å². The summed E-state index contributed by atoms with van der Waals surface area (Å²) in [6.07, 6.45) is 0. The number of hydrazine groups is 1. The Morgan fingerprint density at radius 2 is 1.69 bits per heavy atom. The third-order valence-corrected chi connectivity index (χ3v) is 3.25. The molecule has 0 unspecified atom stereocenters. The summed E-state index contributed by atoms with van der Waals surface area (Å²) in [4.78, 5) is 45.5. The smallest absolute Gasteiger partial charge is 0.398 e. The number of non-ortho nitro benzene ring substituents is 1. The molecule has 2 aromatic carbocycles. The predicted octanol–water partition coefficient (Wildman–Crippen LogP) is 1.72. The van der Waals surface area contributed by atoms with E-state index in [-0.39, 0.29) is 18.0 Å². The maximum Gasteiger partial charge on any atom is 0.398 e. The van der Waals surface area contributed by atoms with E-state index in [4.69, 9.17) is 4.74 Å². The van der Waals surface area contributed by atoms with Gasteiger partial charge in [0.2, 0.25) is 5.91 Å². The summed E-state index contributed by atoms with van der Waals surface area (Å²) in [5.41, 5.74) is 2.80. The van der Waals surface area contributed by atoms with E-state index in [1.54, 1.807) is 30.3 Å². The van der Waals surface area contributed by atoms with Crippen molar-refractivity contribution in [1.29, 1.82) is 0 Å². The van der Waals surface area contributed by atoms with Crippen molar-refractivity contribution >= 4 is 29.2 Å². The maximum absolute atomic E-state index is 11.9. The highest BCUT2D eigenvalue weighted by Gasteiger charge is 2.22. The quantitative estimate of drug-likeness (QED) is 0.385. The average molecular weight is 357 g/mol. The summed E-state index contributed by atoms with van der Waals surface area (Å²) in [5, 5.41) is 11.5. The Morgan fingerprint density at radius 3 is 2.23 bits per heavy atom. The molecule has 1 N–H and O–H groups in total. The molecular formula is C17H15N3O6. The number of ether oxygens (including phenoxy) is 1. The van der Waals surface area contributed by atoms with Gasteiger partial charge in [-0.1, -0.05) is 30.3 Å². The first-order chi connectivity index (χ1) is 12.4. The molecule has 0 aliphatic heterocycles. The Labute approximate surface area is 148 Å².